The van der Waals surface area contributed by atoms with Crippen LogP contribution in [0.1, 0.15) is 28.3 Å². The molecule has 2 heterocycles. The Labute approximate surface area is 127 Å². The highest BCUT2D eigenvalue weighted by atomic mass is 32.1. The van der Waals surface area contributed by atoms with Crippen LogP contribution in [-0.2, 0) is 11.3 Å². The number of hydrogen-bond donors (Lipinski definition) is 1. The van der Waals surface area contributed by atoms with Gasteiger partial charge in [0.2, 0.25) is 5.91 Å². The summed E-state index contributed by atoms with van der Waals surface area (Å²) in [5, 5.41) is 6.36. The fourth-order valence-electron chi connectivity index (χ4n) is 1.86. The van der Waals surface area contributed by atoms with Gasteiger partial charge in [0.15, 0.2) is 0 Å². The summed E-state index contributed by atoms with van der Waals surface area (Å²) >= 11 is 1.47. The number of aryl methyl sites for hydroxylation is 1. The highest BCUT2D eigenvalue weighted by Crippen LogP contribution is 2.09. The van der Waals surface area contributed by atoms with Crippen LogP contribution in [0, 0.1) is 6.92 Å². The lowest BCUT2D eigenvalue weighted by Gasteiger charge is -2.15. The third kappa shape index (κ3) is 4.46. The minimum Gasteiger partial charge on any atom is -0.464 e. The predicted octanol–water partition coefficient (Wildman–Crippen LogP) is 2.43. The number of amides is 2. The zero-order chi connectivity index (χ0) is 15.2. The number of nitrogens with zero attached hydrogens (tertiary/aromatic N) is 1. The molecule has 5 nitrogen and oxygen atoms in total. The molecule has 0 bridgehead atoms. The molecule has 0 spiro atoms. The molecule has 0 fully saturated rings. The first-order valence-corrected chi connectivity index (χ1v) is 7.60. The Hall–Kier alpha value is -2.08. The minimum atomic E-state index is -0.145. The van der Waals surface area contributed by atoms with E-state index in [9.17, 15) is 9.59 Å². The van der Waals surface area contributed by atoms with Gasteiger partial charge in [0.1, 0.15) is 11.5 Å². The first-order chi connectivity index (χ1) is 10.1. The first-order valence-electron chi connectivity index (χ1n) is 6.66. The molecule has 2 amide bonds. The van der Waals surface area contributed by atoms with Crippen molar-refractivity contribution in [3.63, 3.8) is 0 Å². The molecule has 0 aliphatic carbocycles. The van der Waals surface area contributed by atoms with E-state index >= 15 is 0 Å². The van der Waals surface area contributed by atoms with Gasteiger partial charge in [-0.15, -0.1) is 0 Å². The van der Waals surface area contributed by atoms with Crippen molar-refractivity contribution in [1.29, 1.82) is 0 Å². The largest absolute Gasteiger partial charge is 0.464 e. The molecule has 0 atom stereocenters. The summed E-state index contributed by atoms with van der Waals surface area (Å²) in [6, 6.07) is 5.49. The molecule has 0 aromatic carbocycles. The molecule has 0 aliphatic heterocycles. The molecule has 1 N–H and O–H groups in total. The first kappa shape index (κ1) is 15.3. The third-order valence-corrected chi connectivity index (χ3v) is 3.71. The van der Waals surface area contributed by atoms with E-state index in [0.717, 1.165) is 11.5 Å². The number of rotatable bonds is 6. The van der Waals surface area contributed by atoms with Gasteiger partial charge in [-0.2, -0.15) is 11.3 Å². The van der Waals surface area contributed by atoms with Crippen molar-refractivity contribution in [2.75, 3.05) is 13.6 Å². The number of thiophene rings is 1. The fourth-order valence-corrected chi connectivity index (χ4v) is 2.50. The molecular weight excluding hydrogens is 288 g/mol. The van der Waals surface area contributed by atoms with E-state index in [2.05, 4.69) is 5.32 Å². The van der Waals surface area contributed by atoms with Gasteiger partial charge in [0, 0.05) is 31.0 Å². The standard InChI is InChI=1S/C15H18N2O3S/c1-11-3-4-13(20-11)9-17(2)14(18)5-7-16-15(19)12-6-8-21-10-12/h3-4,6,8,10H,5,7,9H2,1-2H3,(H,16,19). The van der Waals surface area contributed by atoms with E-state index in [1.54, 1.807) is 23.4 Å². The van der Waals surface area contributed by atoms with Crippen LogP contribution in [0.5, 0.6) is 0 Å². The van der Waals surface area contributed by atoms with Crippen LogP contribution < -0.4 is 5.32 Å². The maximum Gasteiger partial charge on any atom is 0.252 e. The molecule has 0 saturated carbocycles. The lowest BCUT2D eigenvalue weighted by Crippen LogP contribution is -2.31. The molecule has 112 valence electrons. The van der Waals surface area contributed by atoms with Crippen molar-refractivity contribution < 1.29 is 14.0 Å². The van der Waals surface area contributed by atoms with Crippen LogP contribution >= 0.6 is 11.3 Å². The molecule has 0 unspecified atom stereocenters. The Balaban J connectivity index is 1.72. The van der Waals surface area contributed by atoms with Crippen LogP contribution in [0.3, 0.4) is 0 Å². The average molecular weight is 306 g/mol. The summed E-state index contributed by atoms with van der Waals surface area (Å²) in [6.07, 6.45) is 0.270. The van der Waals surface area contributed by atoms with E-state index in [4.69, 9.17) is 4.42 Å². The van der Waals surface area contributed by atoms with Gasteiger partial charge in [-0.1, -0.05) is 0 Å². The Bertz CT molecular complexity index is 604. The van der Waals surface area contributed by atoms with Crippen LogP contribution in [-0.4, -0.2) is 30.3 Å². The second-order valence-electron chi connectivity index (χ2n) is 4.78. The van der Waals surface area contributed by atoms with Gasteiger partial charge in [0.25, 0.3) is 5.91 Å². The number of furan rings is 1. The Kier molecular flexibility index (Phi) is 5.16. The Morgan fingerprint density at radius 3 is 2.76 bits per heavy atom. The third-order valence-electron chi connectivity index (χ3n) is 3.02. The smallest absolute Gasteiger partial charge is 0.252 e. The van der Waals surface area contributed by atoms with Crippen LogP contribution in [0.4, 0.5) is 0 Å². The highest BCUT2D eigenvalue weighted by molar-refractivity contribution is 7.08. The zero-order valence-corrected chi connectivity index (χ0v) is 12.9. The summed E-state index contributed by atoms with van der Waals surface area (Å²) in [4.78, 5) is 25.3. The molecular formula is C15H18N2O3S. The van der Waals surface area contributed by atoms with Crippen molar-refractivity contribution >= 4 is 23.2 Å². The molecule has 0 aliphatic rings. The fraction of sp³-hybridized carbons (Fsp3) is 0.333. The topological polar surface area (TPSA) is 62.6 Å². The van der Waals surface area contributed by atoms with Crippen molar-refractivity contribution in [1.82, 2.24) is 10.2 Å². The van der Waals surface area contributed by atoms with Crippen LogP contribution in [0.2, 0.25) is 0 Å². The van der Waals surface area contributed by atoms with Gasteiger partial charge >= 0.3 is 0 Å². The summed E-state index contributed by atoms with van der Waals surface area (Å²) < 4.78 is 5.43. The van der Waals surface area contributed by atoms with E-state index in [-0.39, 0.29) is 18.2 Å². The lowest BCUT2D eigenvalue weighted by molar-refractivity contribution is -0.130. The van der Waals surface area contributed by atoms with E-state index in [0.29, 0.717) is 18.7 Å². The molecule has 0 radical (unpaired) electrons. The van der Waals surface area contributed by atoms with Crippen LogP contribution in [0.25, 0.3) is 0 Å². The van der Waals surface area contributed by atoms with Crippen molar-refractivity contribution in [2.24, 2.45) is 0 Å². The van der Waals surface area contributed by atoms with Gasteiger partial charge in [-0.3, -0.25) is 9.59 Å². The molecule has 21 heavy (non-hydrogen) atoms. The Morgan fingerprint density at radius 1 is 1.33 bits per heavy atom. The maximum atomic E-state index is 12.0. The summed E-state index contributed by atoms with van der Waals surface area (Å²) in [7, 11) is 1.72. The second-order valence-corrected chi connectivity index (χ2v) is 5.56. The molecule has 0 saturated heterocycles. The quantitative estimate of drug-likeness (QED) is 0.891. The second kappa shape index (κ2) is 7.08. The zero-order valence-electron chi connectivity index (χ0n) is 12.1. The summed E-state index contributed by atoms with van der Waals surface area (Å²) in [5.74, 6) is 1.41. The molecule has 2 aromatic rings. The number of carbonyl (C=O) groups excluding carboxylic acids is 2. The van der Waals surface area contributed by atoms with Gasteiger partial charge in [0.05, 0.1) is 6.54 Å². The van der Waals surface area contributed by atoms with Gasteiger partial charge in [-0.25, -0.2) is 0 Å². The number of nitrogens with one attached hydrogen (secondary N) is 1. The lowest BCUT2D eigenvalue weighted by atomic mass is 10.3. The normalized spacial score (nSPS) is 10.4. The van der Waals surface area contributed by atoms with E-state index in [1.165, 1.54) is 11.3 Å². The summed E-state index contributed by atoms with van der Waals surface area (Å²) in [6.45, 7) is 2.63. The SMILES string of the molecule is Cc1ccc(CN(C)C(=O)CCNC(=O)c2ccsc2)o1. The maximum absolute atomic E-state index is 12.0. The van der Waals surface area contributed by atoms with Crippen molar-refractivity contribution in [3.05, 3.63) is 46.0 Å². The number of hydrogen-bond acceptors (Lipinski definition) is 4. The molecule has 2 aromatic heterocycles. The summed E-state index contributed by atoms with van der Waals surface area (Å²) in [5.41, 5.74) is 0.631. The van der Waals surface area contributed by atoms with Crippen molar-refractivity contribution in [2.45, 2.75) is 19.9 Å². The average Bonchev–Trinajstić information content (AvgIpc) is 3.10. The minimum absolute atomic E-state index is 0.0327. The number of carbonyl (C=O) groups is 2. The predicted molar refractivity (Wildman–Crippen MR) is 81.2 cm³/mol. The van der Waals surface area contributed by atoms with E-state index in [1.807, 2.05) is 24.4 Å². The van der Waals surface area contributed by atoms with E-state index < -0.39 is 0 Å². The van der Waals surface area contributed by atoms with Gasteiger partial charge in [-0.05, 0) is 30.5 Å². The Morgan fingerprint density at radius 2 is 2.14 bits per heavy atom. The van der Waals surface area contributed by atoms with Crippen molar-refractivity contribution in [3.8, 4) is 0 Å². The highest BCUT2D eigenvalue weighted by Gasteiger charge is 2.12. The van der Waals surface area contributed by atoms with Crippen LogP contribution in [0.15, 0.2) is 33.4 Å². The monoisotopic (exact) mass is 306 g/mol. The van der Waals surface area contributed by atoms with Gasteiger partial charge < -0.3 is 14.6 Å². The molecule has 2 rings (SSSR count). The molecule has 6 heteroatoms.